The molecule has 1 amide bonds. The minimum atomic E-state index is -0.0778. The number of allylic oxidation sites excluding steroid dienone is 1. The lowest BCUT2D eigenvalue weighted by Gasteiger charge is -2.15. The van der Waals surface area contributed by atoms with Gasteiger partial charge in [0, 0.05) is 28.6 Å². The Morgan fingerprint density at radius 2 is 2.08 bits per heavy atom. The summed E-state index contributed by atoms with van der Waals surface area (Å²) < 4.78 is 11.5. The lowest BCUT2D eigenvalue weighted by atomic mass is 9.98. The molecule has 1 aromatic heterocycles. The van der Waals surface area contributed by atoms with Crippen molar-refractivity contribution in [2.24, 2.45) is 0 Å². The zero-order valence-electron chi connectivity index (χ0n) is 15.4. The molecule has 0 radical (unpaired) electrons. The molecular formula is C20H27NO3. The standard InChI is InChI=1S/C20H27NO3/c1-7-14(5)21-18(22)9-12(3)16-10-17-13(4)11-24-20(17)15(6)19(16)23-8-2/h9-11,14H,7-8H2,1-6H3,(H,21,22)/b12-9+. The van der Waals surface area contributed by atoms with Crippen molar-refractivity contribution in [2.45, 2.75) is 54.0 Å². The van der Waals surface area contributed by atoms with Crippen molar-refractivity contribution in [3.63, 3.8) is 0 Å². The van der Waals surface area contributed by atoms with Crippen LogP contribution in [0.2, 0.25) is 0 Å². The normalized spacial score (nSPS) is 13.2. The maximum absolute atomic E-state index is 12.2. The second-order valence-corrected chi connectivity index (χ2v) is 6.25. The third kappa shape index (κ3) is 3.64. The van der Waals surface area contributed by atoms with Crippen LogP contribution in [0, 0.1) is 13.8 Å². The van der Waals surface area contributed by atoms with E-state index in [1.807, 2.05) is 41.5 Å². The fraction of sp³-hybridized carbons (Fsp3) is 0.450. The number of benzene rings is 1. The first-order valence-electron chi connectivity index (χ1n) is 8.52. The van der Waals surface area contributed by atoms with Crippen LogP contribution in [0.15, 0.2) is 22.8 Å². The molecule has 0 saturated carbocycles. The summed E-state index contributed by atoms with van der Waals surface area (Å²) in [6, 6.07) is 2.21. The first-order chi connectivity index (χ1) is 11.4. The lowest BCUT2D eigenvalue weighted by molar-refractivity contribution is -0.117. The summed E-state index contributed by atoms with van der Waals surface area (Å²) in [4.78, 5) is 12.2. The Balaban J connectivity index is 2.50. The van der Waals surface area contributed by atoms with Crippen LogP contribution >= 0.6 is 0 Å². The molecule has 1 atom stereocenters. The van der Waals surface area contributed by atoms with E-state index in [-0.39, 0.29) is 11.9 Å². The number of carbonyl (C=O) groups excluding carboxylic acids is 1. The summed E-state index contributed by atoms with van der Waals surface area (Å²) in [5.41, 5.74) is 4.70. The Labute approximate surface area is 143 Å². The van der Waals surface area contributed by atoms with E-state index in [1.54, 1.807) is 12.3 Å². The van der Waals surface area contributed by atoms with Crippen LogP contribution in [0.3, 0.4) is 0 Å². The number of nitrogens with one attached hydrogen (secondary N) is 1. The van der Waals surface area contributed by atoms with Gasteiger partial charge in [0.15, 0.2) is 0 Å². The van der Waals surface area contributed by atoms with Gasteiger partial charge in [-0.2, -0.15) is 0 Å². The van der Waals surface area contributed by atoms with E-state index >= 15 is 0 Å². The number of aryl methyl sites for hydroxylation is 2. The second kappa shape index (κ2) is 7.56. The molecule has 1 N–H and O–H groups in total. The van der Waals surface area contributed by atoms with E-state index in [4.69, 9.17) is 9.15 Å². The highest BCUT2D eigenvalue weighted by Crippen LogP contribution is 2.37. The number of hydrogen-bond acceptors (Lipinski definition) is 3. The Morgan fingerprint density at radius 1 is 1.38 bits per heavy atom. The minimum Gasteiger partial charge on any atom is -0.493 e. The van der Waals surface area contributed by atoms with E-state index in [0.29, 0.717) is 6.61 Å². The van der Waals surface area contributed by atoms with E-state index < -0.39 is 0 Å². The zero-order chi connectivity index (χ0) is 17.9. The van der Waals surface area contributed by atoms with Gasteiger partial charge in [0.2, 0.25) is 5.91 Å². The Morgan fingerprint density at radius 3 is 2.71 bits per heavy atom. The first-order valence-corrected chi connectivity index (χ1v) is 8.52. The van der Waals surface area contributed by atoms with Crippen LogP contribution in [-0.4, -0.2) is 18.6 Å². The van der Waals surface area contributed by atoms with Gasteiger partial charge in [-0.05, 0) is 58.2 Å². The number of furan rings is 1. The van der Waals surface area contributed by atoms with Crippen molar-refractivity contribution in [1.82, 2.24) is 5.32 Å². The van der Waals surface area contributed by atoms with Gasteiger partial charge in [-0.1, -0.05) is 6.92 Å². The number of rotatable bonds is 6. The molecule has 24 heavy (non-hydrogen) atoms. The van der Waals surface area contributed by atoms with Gasteiger partial charge < -0.3 is 14.5 Å². The Hall–Kier alpha value is -2.23. The molecule has 4 heteroatoms. The van der Waals surface area contributed by atoms with Crippen LogP contribution in [-0.2, 0) is 4.79 Å². The quantitative estimate of drug-likeness (QED) is 0.777. The minimum absolute atomic E-state index is 0.0778. The van der Waals surface area contributed by atoms with Crippen molar-refractivity contribution < 1.29 is 13.9 Å². The number of amides is 1. The van der Waals surface area contributed by atoms with Crippen molar-refractivity contribution in [3.8, 4) is 5.75 Å². The van der Waals surface area contributed by atoms with E-state index in [9.17, 15) is 4.79 Å². The van der Waals surface area contributed by atoms with Crippen LogP contribution in [0.5, 0.6) is 5.75 Å². The van der Waals surface area contributed by atoms with Gasteiger partial charge in [0.05, 0.1) is 12.9 Å². The largest absolute Gasteiger partial charge is 0.493 e. The number of carbonyl (C=O) groups is 1. The molecule has 2 aromatic rings. The molecule has 0 bridgehead atoms. The molecule has 0 aliphatic heterocycles. The summed E-state index contributed by atoms with van der Waals surface area (Å²) >= 11 is 0. The van der Waals surface area contributed by atoms with Crippen LogP contribution in [0.25, 0.3) is 16.5 Å². The fourth-order valence-electron chi connectivity index (χ4n) is 2.72. The third-order valence-electron chi connectivity index (χ3n) is 4.30. The average molecular weight is 329 g/mol. The second-order valence-electron chi connectivity index (χ2n) is 6.25. The van der Waals surface area contributed by atoms with E-state index in [0.717, 1.165) is 45.4 Å². The van der Waals surface area contributed by atoms with Crippen molar-refractivity contribution in [1.29, 1.82) is 0 Å². The molecule has 1 aromatic carbocycles. The van der Waals surface area contributed by atoms with Gasteiger partial charge in [0.1, 0.15) is 11.3 Å². The van der Waals surface area contributed by atoms with Crippen LogP contribution < -0.4 is 10.1 Å². The highest BCUT2D eigenvalue weighted by atomic mass is 16.5. The van der Waals surface area contributed by atoms with Crippen molar-refractivity contribution in [3.05, 3.63) is 35.1 Å². The number of fused-ring (bicyclic) bond motifs is 1. The summed E-state index contributed by atoms with van der Waals surface area (Å²) in [5, 5.41) is 4.02. The average Bonchev–Trinajstić information content (AvgIpc) is 2.91. The molecule has 0 aliphatic rings. The number of ether oxygens (including phenoxy) is 1. The molecule has 4 nitrogen and oxygen atoms in total. The molecule has 0 spiro atoms. The monoisotopic (exact) mass is 329 g/mol. The molecule has 1 unspecified atom stereocenters. The highest BCUT2D eigenvalue weighted by Gasteiger charge is 2.17. The molecule has 130 valence electrons. The van der Waals surface area contributed by atoms with Gasteiger partial charge in [0.25, 0.3) is 0 Å². The molecule has 2 rings (SSSR count). The summed E-state index contributed by atoms with van der Waals surface area (Å²) in [6.45, 7) is 12.5. The number of hydrogen-bond donors (Lipinski definition) is 1. The van der Waals surface area contributed by atoms with Crippen LogP contribution in [0.1, 0.15) is 50.8 Å². The third-order valence-corrected chi connectivity index (χ3v) is 4.30. The topological polar surface area (TPSA) is 51.5 Å². The summed E-state index contributed by atoms with van der Waals surface area (Å²) in [7, 11) is 0. The Kier molecular flexibility index (Phi) is 5.71. The van der Waals surface area contributed by atoms with E-state index in [1.165, 1.54) is 0 Å². The van der Waals surface area contributed by atoms with Gasteiger partial charge in [-0.15, -0.1) is 0 Å². The van der Waals surface area contributed by atoms with Crippen LogP contribution in [0.4, 0.5) is 0 Å². The molecule has 0 fully saturated rings. The SMILES string of the molecule is CCOc1c(/C(C)=C/C(=O)NC(C)CC)cc2c(C)coc2c1C. The molecular weight excluding hydrogens is 302 g/mol. The maximum atomic E-state index is 12.2. The van der Waals surface area contributed by atoms with Crippen molar-refractivity contribution >= 4 is 22.4 Å². The van der Waals surface area contributed by atoms with Gasteiger partial charge >= 0.3 is 0 Å². The fourth-order valence-corrected chi connectivity index (χ4v) is 2.72. The Bertz CT molecular complexity index is 771. The lowest BCUT2D eigenvalue weighted by Crippen LogP contribution is -2.30. The van der Waals surface area contributed by atoms with Gasteiger partial charge in [-0.3, -0.25) is 4.79 Å². The highest BCUT2D eigenvalue weighted by molar-refractivity contribution is 5.98. The van der Waals surface area contributed by atoms with E-state index in [2.05, 4.69) is 11.4 Å². The molecule has 1 heterocycles. The zero-order valence-corrected chi connectivity index (χ0v) is 15.4. The molecule has 0 aliphatic carbocycles. The maximum Gasteiger partial charge on any atom is 0.244 e. The molecule has 0 saturated heterocycles. The first kappa shape index (κ1) is 18.1. The summed E-state index contributed by atoms with van der Waals surface area (Å²) in [6.07, 6.45) is 4.30. The summed E-state index contributed by atoms with van der Waals surface area (Å²) in [5.74, 6) is 0.704. The predicted molar refractivity (Wildman–Crippen MR) is 98.4 cm³/mol. The van der Waals surface area contributed by atoms with Gasteiger partial charge in [-0.25, -0.2) is 0 Å². The smallest absolute Gasteiger partial charge is 0.244 e. The van der Waals surface area contributed by atoms with Crippen molar-refractivity contribution in [2.75, 3.05) is 6.61 Å². The predicted octanol–water partition coefficient (Wildman–Crippen LogP) is 4.77.